The average Bonchev–Trinajstić information content (AvgIpc) is 3.03. The van der Waals surface area contributed by atoms with Crippen LogP contribution < -0.4 is 10.6 Å². The van der Waals surface area contributed by atoms with Crippen molar-refractivity contribution in [1.29, 1.82) is 0 Å². The van der Waals surface area contributed by atoms with Crippen LogP contribution in [0.1, 0.15) is 54.1 Å². The first-order valence-corrected chi connectivity index (χ1v) is 9.93. The van der Waals surface area contributed by atoms with Crippen LogP contribution in [-0.4, -0.2) is 24.9 Å². The summed E-state index contributed by atoms with van der Waals surface area (Å²) >= 11 is 3.26. The smallest absolute Gasteiger partial charge is 0.252 e. The molecule has 0 spiro atoms. The number of carbonyl (C=O) groups excluding carboxylic acids is 2. The maximum absolute atomic E-state index is 12.3. The largest absolute Gasteiger partial charge is 0.351 e. The summed E-state index contributed by atoms with van der Waals surface area (Å²) in [5.41, 5.74) is 1.25. The van der Waals surface area contributed by atoms with E-state index in [1.54, 1.807) is 22.7 Å². The second-order valence-electron chi connectivity index (χ2n) is 7.18. The van der Waals surface area contributed by atoms with Gasteiger partial charge < -0.3 is 10.6 Å². The molecule has 0 unspecified atom stereocenters. The molecule has 25 heavy (non-hydrogen) atoms. The minimum atomic E-state index is -0.233. The van der Waals surface area contributed by atoms with Gasteiger partial charge in [0.2, 0.25) is 0 Å². The predicted molar refractivity (Wildman–Crippen MR) is 106 cm³/mol. The predicted octanol–water partition coefficient (Wildman–Crippen LogP) is 4.23. The van der Waals surface area contributed by atoms with Gasteiger partial charge in [0.1, 0.15) is 0 Å². The third-order valence-electron chi connectivity index (χ3n) is 4.03. The summed E-state index contributed by atoms with van der Waals surface area (Å²) < 4.78 is 0. The molecule has 6 heteroatoms. The number of hydrogen-bond acceptors (Lipinski definition) is 4. The minimum Gasteiger partial charge on any atom is -0.351 e. The first kappa shape index (κ1) is 19.7. The molecule has 2 heterocycles. The second kappa shape index (κ2) is 7.70. The third kappa shape index (κ3) is 5.16. The van der Waals surface area contributed by atoms with Crippen molar-refractivity contribution in [3.8, 4) is 0 Å². The van der Waals surface area contributed by atoms with Crippen molar-refractivity contribution in [3.05, 3.63) is 42.8 Å². The number of hydrogen-bond donors (Lipinski definition) is 2. The van der Waals surface area contributed by atoms with Crippen LogP contribution in [0, 0.1) is 33.1 Å². The summed E-state index contributed by atoms with van der Waals surface area (Å²) in [6.45, 7) is 13.0. The Morgan fingerprint density at radius 3 is 1.48 bits per heavy atom. The molecule has 0 aliphatic heterocycles. The number of thiophene rings is 2. The molecule has 136 valence electrons. The molecule has 0 aliphatic rings. The van der Waals surface area contributed by atoms with Crippen LogP contribution >= 0.6 is 22.7 Å². The normalized spacial score (nSPS) is 11.4. The summed E-state index contributed by atoms with van der Waals surface area (Å²) in [6.07, 6.45) is 0. The first-order chi connectivity index (χ1) is 11.6. The molecule has 0 aliphatic carbocycles. The molecular weight excluding hydrogens is 352 g/mol. The van der Waals surface area contributed by atoms with Crippen LogP contribution in [-0.2, 0) is 0 Å². The molecule has 4 nitrogen and oxygen atoms in total. The highest BCUT2D eigenvalue weighted by atomic mass is 32.1. The van der Waals surface area contributed by atoms with Gasteiger partial charge in [0.15, 0.2) is 0 Å². The lowest BCUT2D eigenvalue weighted by Gasteiger charge is -2.25. The van der Waals surface area contributed by atoms with Crippen molar-refractivity contribution in [2.24, 2.45) is 5.41 Å². The van der Waals surface area contributed by atoms with E-state index in [9.17, 15) is 9.59 Å². The molecule has 2 N–H and O–H groups in total. The van der Waals surface area contributed by atoms with Crippen molar-refractivity contribution < 1.29 is 9.59 Å². The fourth-order valence-electron chi connectivity index (χ4n) is 2.60. The quantitative estimate of drug-likeness (QED) is 0.790. The van der Waals surface area contributed by atoms with Gasteiger partial charge >= 0.3 is 0 Å². The topological polar surface area (TPSA) is 58.2 Å². The molecular formula is C19H26N2O2S2. The van der Waals surface area contributed by atoms with Gasteiger partial charge in [0, 0.05) is 32.6 Å². The zero-order chi connectivity index (χ0) is 18.8. The molecule has 0 saturated carbocycles. The molecule has 0 atom stereocenters. The van der Waals surface area contributed by atoms with E-state index in [1.807, 2.05) is 53.7 Å². The summed E-state index contributed by atoms with van der Waals surface area (Å²) in [4.78, 5) is 29.0. The summed E-state index contributed by atoms with van der Waals surface area (Å²) in [6, 6.07) is 3.84. The van der Waals surface area contributed by atoms with Crippen molar-refractivity contribution in [2.45, 2.75) is 41.5 Å². The summed E-state index contributed by atoms with van der Waals surface area (Å²) in [7, 11) is 0. The molecule has 0 aromatic carbocycles. The number of carbonyl (C=O) groups is 2. The van der Waals surface area contributed by atoms with E-state index in [-0.39, 0.29) is 17.2 Å². The zero-order valence-corrected chi connectivity index (χ0v) is 17.3. The Morgan fingerprint density at radius 1 is 0.840 bits per heavy atom. The lowest BCUT2D eigenvalue weighted by molar-refractivity contribution is 0.0920. The van der Waals surface area contributed by atoms with Gasteiger partial charge in [-0.05, 0) is 45.2 Å². The number of nitrogens with one attached hydrogen (secondary N) is 2. The number of rotatable bonds is 6. The van der Waals surface area contributed by atoms with Crippen molar-refractivity contribution in [3.63, 3.8) is 0 Å². The van der Waals surface area contributed by atoms with E-state index >= 15 is 0 Å². The molecule has 0 saturated heterocycles. The van der Waals surface area contributed by atoms with Crippen LogP contribution in [0.3, 0.4) is 0 Å². The van der Waals surface area contributed by atoms with Gasteiger partial charge in [-0.25, -0.2) is 0 Å². The highest BCUT2D eigenvalue weighted by Crippen LogP contribution is 2.22. The molecule has 2 aromatic heterocycles. The fourth-order valence-corrected chi connectivity index (χ4v) is 4.45. The van der Waals surface area contributed by atoms with Crippen molar-refractivity contribution >= 4 is 34.5 Å². The SMILES string of the molecule is Cc1cc(C(=O)NCC(C)(C)CNC(=O)c2cc(C)sc2C)c(C)s1. The van der Waals surface area contributed by atoms with Gasteiger partial charge in [-0.2, -0.15) is 0 Å². The maximum Gasteiger partial charge on any atom is 0.252 e. The Kier molecular flexibility index (Phi) is 6.06. The molecule has 0 fully saturated rings. The Labute approximate surface area is 157 Å². The van der Waals surface area contributed by atoms with E-state index < -0.39 is 0 Å². The van der Waals surface area contributed by atoms with E-state index in [1.165, 1.54) is 0 Å². The lowest BCUT2D eigenvalue weighted by Crippen LogP contribution is -2.42. The minimum absolute atomic E-state index is 0.0504. The fraction of sp³-hybridized carbons (Fsp3) is 0.474. The summed E-state index contributed by atoms with van der Waals surface area (Å²) in [5.74, 6) is -0.101. The summed E-state index contributed by atoms with van der Waals surface area (Å²) in [5, 5.41) is 5.98. The Balaban J connectivity index is 1.89. The van der Waals surface area contributed by atoms with E-state index in [2.05, 4.69) is 10.6 Å². The molecule has 2 aromatic rings. The highest BCUT2D eigenvalue weighted by molar-refractivity contribution is 7.12. The standard InChI is InChI=1S/C19H26N2O2S2/c1-11-7-15(13(3)24-11)17(22)20-9-19(5,6)10-21-18(23)16-8-12(2)25-14(16)4/h7-8H,9-10H2,1-6H3,(H,20,22)(H,21,23). The number of aryl methyl sites for hydroxylation is 4. The van der Waals surface area contributed by atoms with Gasteiger partial charge in [0.05, 0.1) is 11.1 Å². The van der Waals surface area contributed by atoms with Gasteiger partial charge in [-0.1, -0.05) is 13.8 Å². The monoisotopic (exact) mass is 378 g/mol. The third-order valence-corrected chi connectivity index (χ3v) is 5.96. The van der Waals surface area contributed by atoms with Crippen LogP contribution in [0.15, 0.2) is 12.1 Å². The van der Waals surface area contributed by atoms with Gasteiger partial charge in [-0.3, -0.25) is 9.59 Å². The number of amides is 2. The lowest BCUT2D eigenvalue weighted by atomic mass is 9.93. The molecule has 2 amide bonds. The molecule has 0 radical (unpaired) electrons. The van der Waals surface area contributed by atoms with E-state index in [4.69, 9.17) is 0 Å². The Bertz CT molecular complexity index is 723. The zero-order valence-electron chi connectivity index (χ0n) is 15.7. The molecule has 0 bridgehead atoms. The van der Waals surface area contributed by atoms with E-state index in [0.29, 0.717) is 13.1 Å². The molecule has 2 rings (SSSR count). The van der Waals surface area contributed by atoms with Crippen LogP contribution in [0.2, 0.25) is 0 Å². The van der Waals surface area contributed by atoms with E-state index in [0.717, 1.165) is 30.6 Å². The average molecular weight is 379 g/mol. The van der Waals surface area contributed by atoms with Gasteiger partial charge in [0.25, 0.3) is 11.8 Å². The van der Waals surface area contributed by atoms with Crippen LogP contribution in [0.5, 0.6) is 0 Å². The maximum atomic E-state index is 12.3. The second-order valence-corrected chi connectivity index (χ2v) is 10.1. The highest BCUT2D eigenvalue weighted by Gasteiger charge is 2.22. The first-order valence-electron chi connectivity index (χ1n) is 8.29. The van der Waals surface area contributed by atoms with Crippen LogP contribution in [0.25, 0.3) is 0 Å². The van der Waals surface area contributed by atoms with Crippen LogP contribution in [0.4, 0.5) is 0 Å². The van der Waals surface area contributed by atoms with Gasteiger partial charge in [-0.15, -0.1) is 22.7 Å². The van der Waals surface area contributed by atoms with Crippen molar-refractivity contribution in [2.75, 3.05) is 13.1 Å². The van der Waals surface area contributed by atoms with Crippen molar-refractivity contribution in [1.82, 2.24) is 10.6 Å². The Hall–Kier alpha value is -1.66. The Morgan fingerprint density at radius 2 is 1.20 bits per heavy atom.